The van der Waals surface area contributed by atoms with Crippen LogP contribution >= 0.6 is 0 Å². The van der Waals surface area contributed by atoms with Gasteiger partial charge in [0.25, 0.3) is 5.91 Å². The molecule has 9 heteroatoms. The molecule has 0 radical (unpaired) electrons. The zero-order valence-corrected chi connectivity index (χ0v) is 17.8. The Kier molecular flexibility index (Phi) is 5.57. The fraction of sp³-hybridized carbons (Fsp3) is 0.381. The average molecular weight is 428 g/mol. The summed E-state index contributed by atoms with van der Waals surface area (Å²) in [7, 11) is -3.66. The standard InChI is InChI=1S/C21H25N5O3S/c1-14(2)26-20-16(12-23-26)10-18(13-22-20)24-21(27)15-6-5-9-19(11-15)30(28,29)25-17-7-3-4-8-17/h5-6,9-14,17,25H,3-4,7-8H2,1-2H3,(H,24,27). The zero-order valence-electron chi connectivity index (χ0n) is 17.0. The highest BCUT2D eigenvalue weighted by Crippen LogP contribution is 2.22. The molecular formula is C21H25N5O3S. The van der Waals surface area contributed by atoms with E-state index in [2.05, 4.69) is 20.1 Å². The first-order chi connectivity index (χ1) is 14.3. The van der Waals surface area contributed by atoms with Crippen LogP contribution in [0.5, 0.6) is 0 Å². The number of sulfonamides is 1. The van der Waals surface area contributed by atoms with Gasteiger partial charge in [-0.3, -0.25) is 4.79 Å². The molecule has 0 spiro atoms. The molecule has 1 aliphatic rings. The maximum atomic E-state index is 12.7. The molecule has 8 nitrogen and oxygen atoms in total. The summed E-state index contributed by atoms with van der Waals surface area (Å²) in [6.45, 7) is 4.04. The topological polar surface area (TPSA) is 106 Å². The van der Waals surface area contributed by atoms with Gasteiger partial charge in [-0.05, 0) is 51.0 Å². The van der Waals surface area contributed by atoms with Crippen molar-refractivity contribution in [1.82, 2.24) is 19.5 Å². The Balaban J connectivity index is 1.52. The lowest BCUT2D eigenvalue weighted by Crippen LogP contribution is -2.32. The predicted octanol–water partition coefficient (Wildman–Crippen LogP) is 3.49. The lowest BCUT2D eigenvalue weighted by Gasteiger charge is -2.13. The van der Waals surface area contributed by atoms with Gasteiger partial charge in [0.1, 0.15) is 0 Å². The second-order valence-corrected chi connectivity index (χ2v) is 9.62. The van der Waals surface area contributed by atoms with E-state index in [1.54, 1.807) is 30.6 Å². The molecule has 4 rings (SSSR count). The smallest absolute Gasteiger partial charge is 0.255 e. The number of benzene rings is 1. The monoisotopic (exact) mass is 427 g/mol. The summed E-state index contributed by atoms with van der Waals surface area (Å²) in [4.78, 5) is 17.2. The third-order valence-corrected chi connectivity index (χ3v) is 6.78. The Morgan fingerprint density at radius 1 is 1.17 bits per heavy atom. The van der Waals surface area contributed by atoms with Gasteiger partial charge >= 0.3 is 0 Å². The number of nitrogens with zero attached hydrogens (tertiary/aromatic N) is 3. The lowest BCUT2D eigenvalue weighted by molar-refractivity contribution is 0.102. The molecule has 2 N–H and O–H groups in total. The first-order valence-corrected chi connectivity index (χ1v) is 11.6. The van der Waals surface area contributed by atoms with Crippen LogP contribution in [0.1, 0.15) is 55.9 Å². The second-order valence-electron chi connectivity index (χ2n) is 7.90. The lowest BCUT2D eigenvalue weighted by atomic mass is 10.2. The van der Waals surface area contributed by atoms with Crippen LogP contribution in [0.25, 0.3) is 11.0 Å². The van der Waals surface area contributed by atoms with Crippen LogP contribution in [0.4, 0.5) is 5.69 Å². The van der Waals surface area contributed by atoms with E-state index >= 15 is 0 Å². The molecule has 158 valence electrons. The highest BCUT2D eigenvalue weighted by Gasteiger charge is 2.23. The van der Waals surface area contributed by atoms with Crippen LogP contribution in [0, 0.1) is 0 Å². The maximum absolute atomic E-state index is 12.7. The molecule has 1 fully saturated rings. The summed E-state index contributed by atoms with van der Waals surface area (Å²) < 4.78 is 29.9. The minimum Gasteiger partial charge on any atom is -0.321 e. The molecule has 3 aromatic rings. The quantitative estimate of drug-likeness (QED) is 0.626. The minimum absolute atomic E-state index is 0.0305. The van der Waals surface area contributed by atoms with E-state index in [1.807, 2.05) is 18.5 Å². The second kappa shape index (κ2) is 8.16. The van der Waals surface area contributed by atoms with Crippen molar-refractivity contribution in [2.75, 3.05) is 5.32 Å². The summed E-state index contributed by atoms with van der Waals surface area (Å²) in [5, 5.41) is 7.93. The molecule has 1 aromatic carbocycles. The van der Waals surface area contributed by atoms with Gasteiger partial charge in [-0.15, -0.1) is 0 Å². The van der Waals surface area contributed by atoms with Crippen LogP contribution in [0.15, 0.2) is 47.6 Å². The van der Waals surface area contributed by atoms with Gasteiger partial charge in [0.05, 0.1) is 23.0 Å². The summed E-state index contributed by atoms with van der Waals surface area (Å²) in [5.74, 6) is -0.398. The molecule has 2 aromatic heterocycles. The van der Waals surface area contributed by atoms with E-state index in [-0.39, 0.29) is 22.5 Å². The van der Waals surface area contributed by atoms with Crippen molar-refractivity contribution in [2.45, 2.75) is 56.5 Å². The third kappa shape index (κ3) is 4.22. The largest absolute Gasteiger partial charge is 0.321 e. The van der Waals surface area contributed by atoms with E-state index in [0.29, 0.717) is 5.69 Å². The van der Waals surface area contributed by atoms with Crippen LogP contribution in [-0.4, -0.2) is 35.1 Å². The molecule has 0 unspecified atom stereocenters. The summed E-state index contributed by atoms with van der Waals surface area (Å²) in [5.41, 5.74) is 1.53. The van der Waals surface area contributed by atoms with Crippen molar-refractivity contribution in [3.8, 4) is 0 Å². The first kappa shape index (κ1) is 20.5. The number of anilines is 1. The van der Waals surface area contributed by atoms with Crippen LogP contribution in [0.2, 0.25) is 0 Å². The van der Waals surface area contributed by atoms with Gasteiger partial charge in [0.15, 0.2) is 5.65 Å². The van der Waals surface area contributed by atoms with Crippen LogP contribution in [-0.2, 0) is 10.0 Å². The van der Waals surface area contributed by atoms with Crippen molar-refractivity contribution < 1.29 is 13.2 Å². The molecule has 0 saturated heterocycles. The fourth-order valence-electron chi connectivity index (χ4n) is 3.73. The molecular weight excluding hydrogens is 402 g/mol. The van der Waals surface area contributed by atoms with Crippen molar-refractivity contribution in [1.29, 1.82) is 0 Å². The fourth-order valence-corrected chi connectivity index (χ4v) is 5.08. The van der Waals surface area contributed by atoms with Gasteiger partial charge in [-0.25, -0.2) is 22.8 Å². The first-order valence-electron chi connectivity index (χ1n) is 10.1. The molecule has 30 heavy (non-hydrogen) atoms. The molecule has 0 atom stereocenters. The van der Waals surface area contributed by atoms with Gasteiger partial charge in [0.2, 0.25) is 10.0 Å². The van der Waals surface area contributed by atoms with E-state index in [9.17, 15) is 13.2 Å². The van der Waals surface area contributed by atoms with E-state index in [1.165, 1.54) is 12.1 Å². The Morgan fingerprint density at radius 2 is 1.93 bits per heavy atom. The predicted molar refractivity (Wildman–Crippen MR) is 115 cm³/mol. The van der Waals surface area contributed by atoms with E-state index in [4.69, 9.17) is 0 Å². The number of hydrogen-bond acceptors (Lipinski definition) is 5. The maximum Gasteiger partial charge on any atom is 0.255 e. The Hall–Kier alpha value is -2.78. The molecule has 1 saturated carbocycles. The van der Waals surface area contributed by atoms with Gasteiger partial charge in [-0.1, -0.05) is 18.9 Å². The number of fused-ring (bicyclic) bond motifs is 1. The van der Waals surface area contributed by atoms with Gasteiger partial charge in [-0.2, -0.15) is 5.10 Å². The number of rotatable bonds is 6. The van der Waals surface area contributed by atoms with Crippen molar-refractivity contribution in [2.24, 2.45) is 0 Å². The van der Waals surface area contributed by atoms with Crippen molar-refractivity contribution in [3.05, 3.63) is 48.3 Å². The Labute approximate surface area is 175 Å². The SMILES string of the molecule is CC(C)n1ncc2cc(NC(=O)c3cccc(S(=O)(=O)NC4CCCC4)c3)cnc21. The van der Waals surface area contributed by atoms with Crippen molar-refractivity contribution in [3.63, 3.8) is 0 Å². The highest BCUT2D eigenvalue weighted by atomic mass is 32.2. The number of amides is 1. The zero-order chi connectivity index (χ0) is 21.3. The number of hydrogen-bond donors (Lipinski definition) is 2. The minimum atomic E-state index is -3.66. The normalized spacial score (nSPS) is 15.2. The van der Waals surface area contributed by atoms with Gasteiger partial charge in [0, 0.05) is 23.0 Å². The number of nitrogens with one attached hydrogen (secondary N) is 2. The summed E-state index contributed by atoms with van der Waals surface area (Å²) in [6, 6.07) is 8.01. The Bertz CT molecular complexity index is 1180. The molecule has 2 heterocycles. The number of carbonyl (C=O) groups is 1. The molecule has 0 bridgehead atoms. The van der Waals surface area contributed by atoms with Gasteiger partial charge < -0.3 is 5.32 Å². The number of aromatic nitrogens is 3. The highest BCUT2D eigenvalue weighted by molar-refractivity contribution is 7.89. The van der Waals surface area contributed by atoms with Crippen LogP contribution < -0.4 is 10.0 Å². The number of carbonyl (C=O) groups excluding carboxylic acids is 1. The molecule has 1 aliphatic carbocycles. The van der Waals surface area contributed by atoms with E-state index < -0.39 is 15.9 Å². The summed E-state index contributed by atoms with van der Waals surface area (Å²) >= 11 is 0. The van der Waals surface area contributed by atoms with E-state index in [0.717, 1.165) is 36.7 Å². The third-order valence-electron chi connectivity index (χ3n) is 5.26. The molecule has 1 amide bonds. The Morgan fingerprint density at radius 3 is 2.67 bits per heavy atom. The summed E-state index contributed by atoms with van der Waals surface area (Å²) in [6.07, 6.45) is 7.04. The average Bonchev–Trinajstić information content (AvgIpc) is 3.37. The van der Waals surface area contributed by atoms with Crippen molar-refractivity contribution >= 4 is 32.7 Å². The molecule has 0 aliphatic heterocycles. The van der Waals surface area contributed by atoms with Crippen LogP contribution in [0.3, 0.4) is 0 Å². The number of pyridine rings is 1.